The maximum Gasteiger partial charge on any atom is 0.268 e. The maximum absolute atomic E-state index is 12.3. The van der Waals surface area contributed by atoms with Gasteiger partial charge in [-0.2, -0.15) is 5.10 Å². The van der Waals surface area contributed by atoms with Crippen LogP contribution in [0.3, 0.4) is 0 Å². The zero-order valence-corrected chi connectivity index (χ0v) is 14.4. The number of pyridine rings is 1. The summed E-state index contributed by atoms with van der Waals surface area (Å²) in [4.78, 5) is 18.6. The van der Waals surface area contributed by atoms with E-state index in [0.717, 1.165) is 38.0 Å². The molecule has 1 saturated heterocycles. The van der Waals surface area contributed by atoms with Crippen LogP contribution >= 0.6 is 0 Å². The Morgan fingerprint density at radius 1 is 1.36 bits per heavy atom. The molecule has 2 N–H and O–H groups in total. The summed E-state index contributed by atoms with van der Waals surface area (Å²) >= 11 is 0. The van der Waals surface area contributed by atoms with Crippen LogP contribution in [0.2, 0.25) is 0 Å². The third-order valence-corrected chi connectivity index (χ3v) is 4.41. The molecule has 1 aliphatic heterocycles. The van der Waals surface area contributed by atoms with Crippen molar-refractivity contribution < 1.29 is 4.74 Å². The number of anilines is 1. The van der Waals surface area contributed by atoms with E-state index < -0.39 is 0 Å². The fourth-order valence-electron chi connectivity index (χ4n) is 3.06. The molecule has 1 unspecified atom stereocenters. The fraction of sp³-hybridized carbons (Fsp3) is 0.500. The molecule has 0 radical (unpaired) electrons. The minimum absolute atomic E-state index is 0.0643. The minimum atomic E-state index is -0.0643. The standard InChI is InChI=1S/C18H25N5O2/c19-6-5-17-14-22(9-10-25-17)16-11-18(24)23(21-13-16)8-2-4-15-3-1-7-20-12-15/h1,3,7,11-13,17H,2,4-6,8-10,14,19H2. The van der Waals surface area contributed by atoms with Crippen molar-refractivity contribution in [3.05, 3.63) is 52.7 Å². The number of nitrogens with two attached hydrogens (primary N) is 1. The van der Waals surface area contributed by atoms with Crippen LogP contribution in [0.1, 0.15) is 18.4 Å². The highest BCUT2D eigenvalue weighted by Crippen LogP contribution is 2.16. The molecule has 3 heterocycles. The van der Waals surface area contributed by atoms with E-state index in [0.29, 0.717) is 19.7 Å². The van der Waals surface area contributed by atoms with Crippen LogP contribution in [-0.4, -0.2) is 47.1 Å². The summed E-state index contributed by atoms with van der Waals surface area (Å²) in [6.45, 7) is 3.39. The highest BCUT2D eigenvalue weighted by molar-refractivity contribution is 5.43. The third-order valence-electron chi connectivity index (χ3n) is 4.41. The molecule has 7 nitrogen and oxygen atoms in total. The lowest BCUT2D eigenvalue weighted by molar-refractivity contribution is 0.0368. The second-order valence-electron chi connectivity index (χ2n) is 6.26. The maximum atomic E-state index is 12.3. The molecule has 0 aliphatic carbocycles. The van der Waals surface area contributed by atoms with E-state index in [1.54, 1.807) is 18.5 Å². The Bertz CT molecular complexity index is 717. The summed E-state index contributed by atoms with van der Waals surface area (Å²) in [5.74, 6) is 0. The molecular weight excluding hydrogens is 318 g/mol. The molecule has 0 bridgehead atoms. The van der Waals surface area contributed by atoms with Gasteiger partial charge in [-0.25, -0.2) is 4.68 Å². The van der Waals surface area contributed by atoms with Gasteiger partial charge < -0.3 is 15.4 Å². The predicted octanol–water partition coefficient (Wildman–Crippen LogP) is 0.825. The monoisotopic (exact) mass is 343 g/mol. The van der Waals surface area contributed by atoms with Crippen LogP contribution in [0.25, 0.3) is 0 Å². The lowest BCUT2D eigenvalue weighted by Crippen LogP contribution is -2.43. The van der Waals surface area contributed by atoms with E-state index in [4.69, 9.17) is 10.5 Å². The molecule has 3 rings (SSSR count). The van der Waals surface area contributed by atoms with Crippen LogP contribution in [0.5, 0.6) is 0 Å². The van der Waals surface area contributed by atoms with E-state index in [9.17, 15) is 4.79 Å². The van der Waals surface area contributed by atoms with Crippen molar-refractivity contribution in [2.24, 2.45) is 5.73 Å². The summed E-state index contributed by atoms with van der Waals surface area (Å²) < 4.78 is 7.21. The first-order chi connectivity index (χ1) is 12.3. The fourth-order valence-corrected chi connectivity index (χ4v) is 3.06. The quantitative estimate of drug-likeness (QED) is 0.801. The van der Waals surface area contributed by atoms with Crippen molar-refractivity contribution in [2.45, 2.75) is 31.9 Å². The zero-order chi connectivity index (χ0) is 17.5. The Morgan fingerprint density at radius 3 is 3.04 bits per heavy atom. The Labute approximate surface area is 147 Å². The largest absolute Gasteiger partial charge is 0.374 e. The normalized spacial score (nSPS) is 17.6. The number of ether oxygens (including phenoxy) is 1. The molecule has 0 amide bonds. The number of hydrogen-bond donors (Lipinski definition) is 1. The summed E-state index contributed by atoms with van der Waals surface area (Å²) in [5, 5.41) is 4.34. The van der Waals surface area contributed by atoms with Crippen LogP contribution in [0.4, 0.5) is 5.69 Å². The number of rotatable bonds is 7. The van der Waals surface area contributed by atoms with Crippen molar-refractivity contribution >= 4 is 5.69 Å². The van der Waals surface area contributed by atoms with Crippen LogP contribution in [-0.2, 0) is 17.7 Å². The van der Waals surface area contributed by atoms with Gasteiger partial charge in [0.25, 0.3) is 5.56 Å². The van der Waals surface area contributed by atoms with E-state index in [1.807, 2.05) is 18.3 Å². The molecule has 0 aromatic carbocycles. The highest BCUT2D eigenvalue weighted by atomic mass is 16.5. The van der Waals surface area contributed by atoms with E-state index in [-0.39, 0.29) is 11.7 Å². The lowest BCUT2D eigenvalue weighted by Gasteiger charge is -2.34. The lowest BCUT2D eigenvalue weighted by atomic mass is 10.1. The smallest absolute Gasteiger partial charge is 0.268 e. The van der Waals surface area contributed by atoms with Gasteiger partial charge in [0.2, 0.25) is 0 Å². The predicted molar refractivity (Wildman–Crippen MR) is 96.7 cm³/mol. The molecule has 25 heavy (non-hydrogen) atoms. The molecule has 1 fully saturated rings. The topological polar surface area (TPSA) is 86.3 Å². The highest BCUT2D eigenvalue weighted by Gasteiger charge is 2.20. The Balaban J connectivity index is 1.58. The Morgan fingerprint density at radius 2 is 2.28 bits per heavy atom. The average Bonchev–Trinajstić information content (AvgIpc) is 2.64. The van der Waals surface area contributed by atoms with Gasteiger partial charge in [-0.15, -0.1) is 0 Å². The Hall–Kier alpha value is -2.25. The number of aromatic nitrogens is 3. The second-order valence-corrected chi connectivity index (χ2v) is 6.26. The first kappa shape index (κ1) is 17.6. The van der Waals surface area contributed by atoms with Crippen molar-refractivity contribution in [1.29, 1.82) is 0 Å². The molecule has 1 aliphatic rings. The van der Waals surface area contributed by atoms with Gasteiger partial charge in [0.1, 0.15) is 0 Å². The number of aryl methyl sites for hydroxylation is 2. The van der Waals surface area contributed by atoms with Crippen LogP contribution in [0, 0.1) is 0 Å². The molecule has 0 saturated carbocycles. The van der Waals surface area contributed by atoms with Crippen molar-refractivity contribution in [2.75, 3.05) is 31.1 Å². The van der Waals surface area contributed by atoms with Gasteiger partial charge in [0.15, 0.2) is 0 Å². The Kier molecular flexibility index (Phi) is 6.14. The van der Waals surface area contributed by atoms with Gasteiger partial charge in [-0.1, -0.05) is 6.07 Å². The first-order valence-corrected chi connectivity index (χ1v) is 8.79. The van der Waals surface area contributed by atoms with Crippen molar-refractivity contribution in [1.82, 2.24) is 14.8 Å². The van der Waals surface area contributed by atoms with Crippen molar-refractivity contribution in [3.63, 3.8) is 0 Å². The first-order valence-electron chi connectivity index (χ1n) is 8.79. The second kappa shape index (κ2) is 8.73. The third kappa shape index (κ3) is 4.87. The number of morpholine rings is 1. The molecule has 2 aromatic heterocycles. The zero-order valence-electron chi connectivity index (χ0n) is 14.4. The van der Waals surface area contributed by atoms with Gasteiger partial charge in [-0.3, -0.25) is 9.78 Å². The average molecular weight is 343 g/mol. The summed E-state index contributed by atoms with van der Waals surface area (Å²) in [5.41, 5.74) is 7.58. The van der Waals surface area contributed by atoms with E-state index in [2.05, 4.69) is 15.0 Å². The SMILES string of the molecule is NCCC1CN(c2cnn(CCCc3cccnc3)c(=O)c2)CCO1. The molecule has 7 heteroatoms. The van der Waals surface area contributed by atoms with Crippen molar-refractivity contribution in [3.8, 4) is 0 Å². The van der Waals surface area contributed by atoms with E-state index in [1.165, 1.54) is 10.2 Å². The number of hydrogen-bond acceptors (Lipinski definition) is 6. The van der Waals surface area contributed by atoms with Crippen LogP contribution in [0.15, 0.2) is 41.6 Å². The van der Waals surface area contributed by atoms with Gasteiger partial charge >= 0.3 is 0 Å². The van der Waals surface area contributed by atoms with Crippen LogP contribution < -0.4 is 16.2 Å². The molecule has 134 valence electrons. The summed E-state index contributed by atoms with van der Waals surface area (Å²) in [7, 11) is 0. The number of nitrogens with zero attached hydrogens (tertiary/aromatic N) is 4. The molecule has 1 atom stereocenters. The van der Waals surface area contributed by atoms with Gasteiger partial charge in [0.05, 0.1) is 24.6 Å². The summed E-state index contributed by atoms with van der Waals surface area (Å²) in [6.07, 6.45) is 8.09. The molecular formula is C18H25N5O2. The molecule has 2 aromatic rings. The summed E-state index contributed by atoms with van der Waals surface area (Å²) in [6, 6.07) is 5.64. The van der Waals surface area contributed by atoms with Gasteiger partial charge in [0, 0.05) is 38.1 Å². The van der Waals surface area contributed by atoms with Gasteiger partial charge in [-0.05, 0) is 37.4 Å². The minimum Gasteiger partial charge on any atom is -0.374 e. The molecule has 0 spiro atoms. The van der Waals surface area contributed by atoms with E-state index >= 15 is 0 Å².